The van der Waals surface area contributed by atoms with E-state index in [2.05, 4.69) is 21.5 Å². The van der Waals surface area contributed by atoms with Crippen LogP contribution in [-0.4, -0.2) is 34.0 Å². The van der Waals surface area contributed by atoms with Gasteiger partial charge in [0.05, 0.1) is 4.90 Å². The van der Waals surface area contributed by atoms with Crippen LogP contribution in [0.2, 0.25) is 0 Å². The molecule has 2 aromatic rings. The fourth-order valence-corrected chi connectivity index (χ4v) is 4.04. The first-order chi connectivity index (χ1) is 13.0. The van der Waals surface area contributed by atoms with Gasteiger partial charge in [0, 0.05) is 36.6 Å². The van der Waals surface area contributed by atoms with Crippen molar-refractivity contribution in [1.82, 2.24) is 5.32 Å². The van der Waals surface area contributed by atoms with E-state index >= 15 is 0 Å². The van der Waals surface area contributed by atoms with Crippen molar-refractivity contribution in [2.45, 2.75) is 17.7 Å². The number of nitrogens with one attached hydrogen (secondary N) is 2. The highest BCUT2D eigenvalue weighted by molar-refractivity contribution is 7.92. The molecule has 1 heterocycles. The second kappa shape index (κ2) is 8.26. The highest BCUT2D eigenvalue weighted by Gasteiger charge is 2.16. The topological polar surface area (TPSA) is 78.5 Å². The highest BCUT2D eigenvalue weighted by atomic mass is 32.2. The summed E-state index contributed by atoms with van der Waals surface area (Å²) in [5.41, 5.74) is 2.00. The largest absolute Gasteiger partial charge is 0.372 e. The Balaban J connectivity index is 1.68. The number of amides is 1. The molecule has 1 saturated heterocycles. The number of nitrogens with zero attached hydrogens (tertiary/aromatic N) is 1. The zero-order chi connectivity index (χ0) is 19.3. The van der Waals surface area contributed by atoms with Gasteiger partial charge in [0.1, 0.15) is 0 Å². The molecule has 7 heteroatoms. The third-order valence-electron chi connectivity index (χ3n) is 4.42. The molecule has 142 valence electrons. The summed E-state index contributed by atoms with van der Waals surface area (Å²) in [6.07, 6.45) is 3.96. The van der Waals surface area contributed by atoms with Gasteiger partial charge in [0.25, 0.3) is 15.9 Å². The summed E-state index contributed by atoms with van der Waals surface area (Å²) in [6, 6.07) is 13.2. The van der Waals surface area contributed by atoms with Crippen LogP contribution in [0.5, 0.6) is 0 Å². The number of benzene rings is 2. The maximum absolute atomic E-state index is 12.6. The lowest BCUT2D eigenvalue weighted by molar-refractivity contribution is 0.0958. The molecule has 2 aromatic carbocycles. The Kier molecular flexibility index (Phi) is 5.81. The molecule has 0 spiro atoms. The van der Waals surface area contributed by atoms with E-state index in [4.69, 9.17) is 0 Å². The smallest absolute Gasteiger partial charge is 0.261 e. The summed E-state index contributed by atoms with van der Waals surface area (Å²) in [6.45, 7) is 5.97. The van der Waals surface area contributed by atoms with E-state index in [1.165, 1.54) is 37.1 Å². The van der Waals surface area contributed by atoms with Crippen LogP contribution in [0.25, 0.3) is 0 Å². The lowest BCUT2D eigenvalue weighted by Crippen LogP contribution is -2.23. The first kappa shape index (κ1) is 19.0. The molecule has 0 aromatic heterocycles. The van der Waals surface area contributed by atoms with Gasteiger partial charge in [-0.1, -0.05) is 6.08 Å². The average molecular weight is 385 g/mol. The van der Waals surface area contributed by atoms with Crippen LogP contribution < -0.4 is 14.9 Å². The van der Waals surface area contributed by atoms with Crippen LogP contribution in [0, 0.1) is 0 Å². The molecule has 1 aliphatic rings. The highest BCUT2D eigenvalue weighted by Crippen LogP contribution is 2.23. The molecule has 0 saturated carbocycles. The third-order valence-corrected chi connectivity index (χ3v) is 5.82. The normalized spacial score (nSPS) is 14.0. The second-order valence-corrected chi connectivity index (χ2v) is 8.05. The maximum atomic E-state index is 12.6. The minimum atomic E-state index is -3.72. The van der Waals surface area contributed by atoms with E-state index in [0.29, 0.717) is 17.8 Å². The average Bonchev–Trinajstić information content (AvgIpc) is 3.21. The number of hydrogen-bond acceptors (Lipinski definition) is 4. The Morgan fingerprint density at radius 2 is 1.67 bits per heavy atom. The van der Waals surface area contributed by atoms with E-state index in [1.807, 2.05) is 12.1 Å². The van der Waals surface area contributed by atoms with Crippen molar-refractivity contribution in [3.8, 4) is 0 Å². The SMILES string of the molecule is C=CCNC(=O)c1ccc(S(=O)(=O)Nc2ccc(N3CCCC3)cc2)cc1. The summed E-state index contributed by atoms with van der Waals surface area (Å²) in [4.78, 5) is 14.3. The van der Waals surface area contributed by atoms with Gasteiger partial charge in [-0.2, -0.15) is 0 Å². The Labute approximate surface area is 159 Å². The first-order valence-corrected chi connectivity index (χ1v) is 10.3. The molecule has 0 atom stereocenters. The van der Waals surface area contributed by atoms with Gasteiger partial charge in [-0.15, -0.1) is 6.58 Å². The predicted molar refractivity (Wildman–Crippen MR) is 108 cm³/mol. The molecule has 1 fully saturated rings. The molecular formula is C20H23N3O3S. The van der Waals surface area contributed by atoms with Crippen LogP contribution in [0.1, 0.15) is 23.2 Å². The lowest BCUT2D eigenvalue weighted by Gasteiger charge is -2.18. The summed E-state index contributed by atoms with van der Waals surface area (Å²) in [5, 5.41) is 2.65. The molecule has 0 bridgehead atoms. The fraction of sp³-hybridized carbons (Fsp3) is 0.250. The van der Waals surface area contributed by atoms with Crippen molar-refractivity contribution >= 4 is 27.3 Å². The number of hydrogen-bond donors (Lipinski definition) is 2. The standard InChI is InChI=1S/C20H23N3O3S/c1-2-13-21-20(24)16-5-11-19(12-6-16)27(25,26)22-17-7-9-18(10-8-17)23-14-3-4-15-23/h2,5-12,22H,1,3-4,13-15H2,(H,21,24). The second-order valence-electron chi connectivity index (χ2n) is 6.37. The third kappa shape index (κ3) is 4.68. The van der Waals surface area contributed by atoms with Crippen LogP contribution >= 0.6 is 0 Å². The molecule has 27 heavy (non-hydrogen) atoms. The monoisotopic (exact) mass is 385 g/mol. The minimum absolute atomic E-state index is 0.103. The van der Waals surface area contributed by atoms with Crippen LogP contribution in [-0.2, 0) is 10.0 Å². The Morgan fingerprint density at radius 3 is 2.26 bits per heavy atom. The molecule has 0 radical (unpaired) electrons. The van der Waals surface area contributed by atoms with Gasteiger partial charge in [-0.25, -0.2) is 8.42 Å². The molecule has 3 rings (SSSR count). The molecule has 2 N–H and O–H groups in total. The number of carbonyl (C=O) groups excluding carboxylic acids is 1. The zero-order valence-electron chi connectivity index (χ0n) is 15.0. The Morgan fingerprint density at radius 1 is 1.04 bits per heavy atom. The van der Waals surface area contributed by atoms with Gasteiger partial charge in [-0.3, -0.25) is 9.52 Å². The lowest BCUT2D eigenvalue weighted by atomic mass is 10.2. The van der Waals surface area contributed by atoms with Crippen molar-refractivity contribution in [3.63, 3.8) is 0 Å². The fourth-order valence-electron chi connectivity index (χ4n) is 2.98. The Bertz CT molecular complexity index is 900. The van der Waals surface area contributed by atoms with Crippen molar-refractivity contribution in [1.29, 1.82) is 0 Å². The molecule has 1 amide bonds. The van der Waals surface area contributed by atoms with Crippen LogP contribution in [0.15, 0.2) is 66.1 Å². The molecule has 6 nitrogen and oxygen atoms in total. The van der Waals surface area contributed by atoms with Gasteiger partial charge in [0.15, 0.2) is 0 Å². The quantitative estimate of drug-likeness (QED) is 0.718. The van der Waals surface area contributed by atoms with Crippen LogP contribution in [0.3, 0.4) is 0 Å². The van der Waals surface area contributed by atoms with E-state index in [9.17, 15) is 13.2 Å². The van der Waals surface area contributed by atoms with E-state index in [0.717, 1.165) is 18.8 Å². The Hall–Kier alpha value is -2.80. The van der Waals surface area contributed by atoms with Gasteiger partial charge >= 0.3 is 0 Å². The van der Waals surface area contributed by atoms with Crippen molar-refractivity contribution in [3.05, 3.63) is 66.7 Å². The summed E-state index contributed by atoms with van der Waals surface area (Å²) < 4.78 is 27.7. The van der Waals surface area contributed by atoms with Crippen molar-refractivity contribution < 1.29 is 13.2 Å². The molecule has 0 unspecified atom stereocenters. The number of sulfonamides is 1. The van der Waals surface area contributed by atoms with Gasteiger partial charge in [0.2, 0.25) is 0 Å². The van der Waals surface area contributed by atoms with Crippen molar-refractivity contribution in [2.75, 3.05) is 29.3 Å². The summed E-state index contributed by atoms with van der Waals surface area (Å²) in [5.74, 6) is -0.274. The molecular weight excluding hydrogens is 362 g/mol. The number of rotatable bonds is 7. The zero-order valence-corrected chi connectivity index (χ0v) is 15.8. The summed E-state index contributed by atoms with van der Waals surface area (Å²) >= 11 is 0. The summed E-state index contributed by atoms with van der Waals surface area (Å²) in [7, 11) is -3.72. The van der Waals surface area contributed by atoms with E-state index in [1.54, 1.807) is 18.2 Å². The van der Waals surface area contributed by atoms with E-state index < -0.39 is 10.0 Å². The van der Waals surface area contributed by atoms with E-state index in [-0.39, 0.29) is 10.8 Å². The van der Waals surface area contributed by atoms with Crippen LogP contribution in [0.4, 0.5) is 11.4 Å². The predicted octanol–water partition coefficient (Wildman–Crippen LogP) is 3.00. The number of carbonyl (C=O) groups is 1. The molecule has 1 aliphatic heterocycles. The first-order valence-electron chi connectivity index (χ1n) is 8.86. The minimum Gasteiger partial charge on any atom is -0.372 e. The molecule has 0 aliphatic carbocycles. The van der Waals surface area contributed by atoms with Gasteiger partial charge < -0.3 is 10.2 Å². The number of anilines is 2. The van der Waals surface area contributed by atoms with Crippen molar-refractivity contribution in [2.24, 2.45) is 0 Å². The van der Waals surface area contributed by atoms with Gasteiger partial charge in [-0.05, 0) is 61.4 Å². The maximum Gasteiger partial charge on any atom is 0.261 e.